The third kappa shape index (κ3) is 0.914. The van der Waals surface area contributed by atoms with Crippen LogP contribution in [-0.2, 0) is 9.53 Å². The van der Waals surface area contributed by atoms with Gasteiger partial charge in [0, 0.05) is 0 Å². The molecule has 3 heteroatoms. The maximum absolute atomic E-state index is 11.0. The molecule has 11 heavy (non-hydrogen) atoms. The van der Waals surface area contributed by atoms with E-state index in [-0.39, 0.29) is 18.0 Å². The predicted molar refractivity (Wildman–Crippen MR) is 37.9 cm³/mol. The van der Waals surface area contributed by atoms with Crippen molar-refractivity contribution in [1.29, 1.82) is 0 Å². The van der Waals surface area contributed by atoms with Gasteiger partial charge in [0.1, 0.15) is 6.10 Å². The molecule has 0 spiro atoms. The third-order valence-corrected chi connectivity index (χ3v) is 2.47. The summed E-state index contributed by atoms with van der Waals surface area (Å²) in [7, 11) is 0. The highest BCUT2D eigenvalue weighted by molar-refractivity contribution is 5.89. The van der Waals surface area contributed by atoms with Crippen LogP contribution in [0.5, 0.6) is 0 Å². The number of hydrogen-bond acceptors (Lipinski definition) is 3. The number of hydrogen-bond donors (Lipinski definition) is 1. The molecule has 3 nitrogen and oxygen atoms in total. The van der Waals surface area contributed by atoms with Crippen LogP contribution in [0.25, 0.3) is 0 Å². The number of fused-ring (bicyclic) bond motifs is 2. The first-order chi connectivity index (χ1) is 5.31. The summed E-state index contributed by atoms with van der Waals surface area (Å²) in [6, 6.07) is 0. The van der Waals surface area contributed by atoms with Crippen molar-refractivity contribution < 1.29 is 14.6 Å². The van der Waals surface area contributed by atoms with Gasteiger partial charge in [0.05, 0.1) is 11.8 Å². The van der Waals surface area contributed by atoms with E-state index in [2.05, 4.69) is 0 Å². The molecule has 1 heterocycles. The fourth-order valence-corrected chi connectivity index (χ4v) is 1.87. The van der Waals surface area contributed by atoms with Crippen LogP contribution < -0.4 is 0 Å². The summed E-state index contributed by atoms with van der Waals surface area (Å²) < 4.78 is 5.01. The topological polar surface area (TPSA) is 46.5 Å². The highest BCUT2D eigenvalue weighted by Gasteiger charge is 2.38. The number of aliphatic hydroxyl groups is 1. The van der Waals surface area contributed by atoms with Crippen LogP contribution in [0.2, 0.25) is 0 Å². The van der Waals surface area contributed by atoms with Crippen LogP contribution in [0.1, 0.15) is 19.3 Å². The molecule has 0 radical (unpaired) electrons. The Labute approximate surface area is 64.7 Å². The summed E-state index contributed by atoms with van der Waals surface area (Å²) in [5.41, 5.74) is 0.457. The van der Waals surface area contributed by atoms with Gasteiger partial charge < -0.3 is 9.84 Å². The van der Waals surface area contributed by atoms with E-state index in [1.807, 2.05) is 0 Å². The van der Waals surface area contributed by atoms with Gasteiger partial charge in [-0.1, -0.05) is 0 Å². The van der Waals surface area contributed by atoms with Crippen LogP contribution in [0.4, 0.5) is 0 Å². The van der Waals surface area contributed by atoms with Crippen molar-refractivity contribution in [2.45, 2.75) is 25.4 Å². The van der Waals surface area contributed by atoms with E-state index in [1.54, 1.807) is 0 Å². The SMILES string of the molecule is O=C1OC2CCC(C2)/C1=C\O. The molecule has 0 aromatic rings. The molecule has 0 aromatic heterocycles. The van der Waals surface area contributed by atoms with E-state index < -0.39 is 0 Å². The van der Waals surface area contributed by atoms with Crippen LogP contribution in [0.3, 0.4) is 0 Å². The normalized spacial score (nSPS) is 39.3. The van der Waals surface area contributed by atoms with Gasteiger partial charge in [-0.25, -0.2) is 4.79 Å². The standard InChI is InChI=1S/C8H10O3/c9-4-7-5-1-2-6(3-5)11-8(7)10/h4-6,9H,1-3H2/b7-4+. The van der Waals surface area contributed by atoms with Crippen LogP contribution in [-0.4, -0.2) is 17.2 Å². The molecule has 2 bridgehead atoms. The fourth-order valence-electron chi connectivity index (χ4n) is 1.87. The zero-order chi connectivity index (χ0) is 7.84. The summed E-state index contributed by atoms with van der Waals surface area (Å²) in [4.78, 5) is 11.0. The Morgan fingerprint density at radius 2 is 2.36 bits per heavy atom. The van der Waals surface area contributed by atoms with Gasteiger partial charge in [-0.15, -0.1) is 0 Å². The van der Waals surface area contributed by atoms with Crippen LogP contribution in [0.15, 0.2) is 11.8 Å². The van der Waals surface area contributed by atoms with Crippen molar-refractivity contribution in [3.63, 3.8) is 0 Å². The number of rotatable bonds is 0. The van der Waals surface area contributed by atoms with Crippen molar-refractivity contribution in [2.24, 2.45) is 5.92 Å². The van der Waals surface area contributed by atoms with E-state index in [0.29, 0.717) is 5.57 Å². The Balaban J connectivity index is 2.27. The van der Waals surface area contributed by atoms with Crippen LogP contribution >= 0.6 is 0 Å². The minimum atomic E-state index is -0.328. The Hall–Kier alpha value is -0.990. The molecule has 0 amide bonds. The molecule has 2 fully saturated rings. The largest absolute Gasteiger partial charge is 0.515 e. The first kappa shape index (κ1) is 6.70. The molecule has 1 saturated heterocycles. The molecular weight excluding hydrogens is 144 g/mol. The smallest absolute Gasteiger partial charge is 0.337 e. The number of carbonyl (C=O) groups is 1. The lowest BCUT2D eigenvalue weighted by molar-refractivity contribution is -0.146. The zero-order valence-corrected chi connectivity index (χ0v) is 6.12. The predicted octanol–water partition coefficient (Wildman–Crippen LogP) is 1.15. The Morgan fingerprint density at radius 1 is 1.55 bits per heavy atom. The summed E-state index contributed by atoms with van der Waals surface area (Å²) in [5, 5.41) is 8.72. The van der Waals surface area contributed by atoms with Gasteiger partial charge in [-0.05, 0) is 25.2 Å². The summed E-state index contributed by atoms with van der Waals surface area (Å²) in [6.45, 7) is 0. The minimum absolute atomic E-state index is 0.121. The van der Waals surface area contributed by atoms with Crippen molar-refractivity contribution >= 4 is 5.97 Å². The third-order valence-electron chi connectivity index (χ3n) is 2.47. The molecule has 2 aliphatic rings. The monoisotopic (exact) mass is 154 g/mol. The first-order valence-electron chi connectivity index (χ1n) is 3.86. The van der Waals surface area contributed by atoms with Gasteiger partial charge in [-0.3, -0.25) is 0 Å². The van der Waals surface area contributed by atoms with E-state index in [9.17, 15) is 4.79 Å². The summed E-state index contributed by atoms with van der Waals surface area (Å²) in [6.07, 6.45) is 3.85. The number of ether oxygens (including phenoxy) is 1. The van der Waals surface area contributed by atoms with Crippen molar-refractivity contribution in [3.05, 3.63) is 11.8 Å². The quantitative estimate of drug-likeness (QED) is 0.323. The van der Waals surface area contributed by atoms with Gasteiger partial charge in [0.2, 0.25) is 0 Å². The molecule has 2 rings (SSSR count). The van der Waals surface area contributed by atoms with E-state index in [1.165, 1.54) is 0 Å². The van der Waals surface area contributed by atoms with Crippen molar-refractivity contribution in [3.8, 4) is 0 Å². The number of carbonyl (C=O) groups excluding carboxylic acids is 1. The highest BCUT2D eigenvalue weighted by Crippen LogP contribution is 2.38. The number of esters is 1. The molecule has 0 aromatic carbocycles. The second kappa shape index (κ2) is 2.26. The average Bonchev–Trinajstić information content (AvgIpc) is 2.34. The lowest BCUT2D eigenvalue weighted by atomic mass is 9.97. The van der Waals surface area contributed by atoms with Gasteiger partial charge in [0.25, 0.3) is 0 Å². The second-order valence-electron chi connectivity index (χ2n) is 3.12. The van der Waals surface area contributed by atoms with Crippen molar-refractivity contribution in [2.75, 3.05) is 0 Å². The second-order valence-corrected chi connectivity index (χ2v) is 3.12. The maximum atomic E-state index is 11.0. The number of aliphatic hydroxyl groups excluding tert-OH is 1. The molecule has 1 saturated carbocycles. The molecule has 1 aliphatic carbocycles. The van der Waals surface area contributed by atoms with Gasteiger partial charge in [-0.2, -0.15) is 0 Å². The van der Waals surface area contributed by atoms with Gasteiger partial charge >= 0.3 is 5.97 Å². The van der Waals surface area contributed by atoms with E-state index in [4.69, 9.17) is 9.84 Å². The highest BCUT2D eigenvalue weighted by atomic mass is 16.5. The Morgan fingerprint density at radius 3 is 3.09 bits per heavy atom. The molecule has 1 aliphatic heterocycles. The Bertz CT molecular complexity index is 219. The molecule has 1 N–H and O–H groups in total. The minimum Gasteiger partial charge on any atom is -0.515 e. The Kier molecular flexibility index (Phi) is 1.37. The lowest BCUT2D eigenvalue weighted by Crippen LogP contribution is -2.24. The molecule has 2 atom stereocenters. The maximum Gasteiger partial charge on any atom is 0.337 e. The van der Waals surface area contributed by atoms with Crippen molar-refractivity contribution in [1.82, 2.24) is 0 Å². The van der Waals surface area contributed by atoms with E-state index in [0.717, 1.165) is 25.5 Å². The zero-order valence-electron chi connectivity index (χ0n) is 6.12. The average molecular weight is 154 g/mol. The van der Waals surface area contributed by atoms with E-state index >= 15 is 0 Å². The van der Waals surface area contributed by atoms with Gasteiger partial charge in [0.15, 0.2) is 0 Å². The molecular formula is C8H10O3. The fraction of sp³-hybridized carbons (Fsp3) is 0.625. The first-order valence-corrected chi connectivity index (χ1v) is 3.86. The molecule has 2 unspecified atom stereocenters. The summed E-state index contributed by atoms with van der Waals surface area (Å²) >= 11 is 0. The lowest BCUT2D eigenvalue weighted by Gasteiger charge is -2.20. The summed E-state index contributed by atoms with van der Waals surface area (Å²) in [5.74, 6) is -0.0718. The molecule has 60 valence electrons. The van der Waals surface area contributed by atoms with Crippen LogP contribution in [0, 0.1) is 5.92 Å².